The van der Waals surface area contributed by atoms with Gasteiger partial charge in [-0.15, -0.1) is 0 Å². The molecule has 2 aromatic rings. The van der Waals surface area contributed by atoms with E-state index in [0.29, 0.717) is 0 Å². The summed E-state index contributed by atoms with van der Waals surface area (Å²) in [6.07, 6.45) is 0. The molecule has 7 nitrogen and oxygen atoms in total. The Balaban J connectivity index is 2.43. The Hall–Kier alpha value is -2.70. The van der Waals surface area contributed by atoms with Gasteiger partial charge in [-0.3, -0.25) is 0 Å². The van der Waals surface area contributed by atoms with Crippen LogP contribution < -0.4 is 0 Å². The van der Waals surface area contributed by atoms with E-state index in [2.05, 4.69) is 0 Å². The van der Waals surface area contributed by atoms with Crippen LogP contribution in [0, 0.1) is 11.3 Å². The van der Waals surface area contributed by atoms with Crippen molar-refractivity contribution in [2.75, 3.05) is 6.61 Å². The van der Waals surface area contributed by atoms with Crippen molar-refractivity contribution in [2.24, 2.45) is 0 Å². The normalized spacial score (nSPS) is 11.5. The smallest absolute Gasteiger partial charge is 0.338 e. The van der Waals surface area contributed by atoms with Gasteiger partial charge in [-0.1, -0.05) is 0 Å². The highest BCUT2D eigenvalue weighted by Gasteiger charge is 2.33. The summed E-state index contributed by atoms with van der Waals surface area (Å²) in [6, 6.07) is 10.8. The molecule has 0 bridgehead atoms. The molecule has 0 unspecified atom stereocenters. The fourth-order valence-corrected chi connectivity index (χ4v) is 5.55. The second-order valence-corrected chi connectivity index (χ2v) is 10.2. The molecule has 0 spiro atoms. The molecule has 0 fully saturated rings. The Labute approximate surface area is 144 Å². The van der Waals surface area contributed by atoms with Crippen LogP contribution in [0.5, 0.6) is 0 Å². The van der Waals surface area contributed by atoms with Crippen LogP contribution in [0.15, 0.2) is 58.3 Å². The molecule has 0 aliphatic rings. The number of hydrogen-bond donors (Lipinski definition) is 0. The van der Waals surface area contributed by atoms with Gasteiger partial charge in [0.2, 0.25) is 0 Å². The van der Waals surface area contributed by atoms with E-state index in [9.17, 15) is 21.6 Å². The van der Waals surface area contributed by atoms with Gasteiger partial charge in [-0.25, -0.2) is 21.6 Å². The van der Waals surface area contributed by atoms with E-state index in [1.54, 1.807) is 6.92 Å². The van der Waals surface area contributed by atoms with Gasteiger partial charge in [-0.05, 0) is 55.5 Å². The summed E-state index contributed by atoms with van der Waals surface area (Å²) >= 11 is 0. The summed E-state index contributed by atoms with van der Waals surface area (Å²) < 4.78 is 54.5. The van der Waals surface area contributed by atoms with Gasteiger partial charge < -0.3 is 4.74 Å². The minimum atomic E-state index is -4.73. The Kier molecular flexibility index (Phi) is 5.25. The Morgan fingerprint density at radius 2 is 1.36 bits per heavy atom. The first-order chi connectivity index (χ1) is 11.7. The van der Waals surface area contributed by atoms with Crippen LogP contribution in [-0.4, -0.2) is 29.4 Å². The second kappa shape index (κ2) is 7.04. The van der Waals surface area contributed by atoms with Gasteiger partial charge in [0, 0.05) is 0 Å². The average molecular weight is 379 g/mol. The lowest BCUT2D eigenvalue weighted by Gasteiger charge is -2.07. The zero-order chi connectivity index (χ0) is 18.7. The number of esters is 1. The minimum Gasteiger partial charge on any atom is -0.462 e. The molecule has 0 atom stereocenters. The van der Waals surface area contributed by atoms with Crippen LogP contribution in [0.1, 0.15) is 22.8 Å². The minimum absolute atomic E-state index is 0.108. The molecule has 2 rings (SSSR count). The van der Waals surface area contributed by atoms with Crippen molar-refractivity contribution in [2.45, 2.75) is 16.7 Å². The molecular formula is C16H13NO6S2. The molecule has 25 heavy (non-hydrogen) atoms. The van der Waals surface area contributed by atoms with E-state index < -0.39 is 33.5 Å². The van der Waals surface area contributed by atoms with Crippen LogP contribution in [-0.2, 0) is 22.5 Å². The predicted octanol–water partition coefficient (Wildman–Crippen LogP) is 1.90. The molecule has 0 saturated heterocycles. The Morgan fingerprint density at radius 1 is 0.920 bits per heavy atom. The molecule has 9 heteroatoms. The van der Waals surface area contributed by atoms with E-state index in [1.807, 2.05) is 6.07 Å². The topological polar surface area (TPSA) is 118 Å². The van der Waals surface area contributed by atoms with Crippen LogP contribution in [0.2, 0.25) is 0 Å². The maximum Gasteiger partial charge on any atom is 0.338 e. The summed E-state index contributed by atoms with van der Waals surface area (Å²) in [7, 11) is -9.44. The molecule has 130 valence electrons. The molecule has 0 amide bonds. The zero-order valence-electron chi connectivity index (χ0n) is 13.0. The highest BCUT2D eigenvalue weighted by molar-refractivity contribution is 8.67. The molecule has 0 aliphatic carbocycles. The van der Waals surface area contributed by atoms with E-state index in [0.717, 1.165) is 24.3 Å². The first kappa shape index (κ1) is 18.6. The Bertz CT molecular complexity index is 1030. The Morgan fingerprint density at radius 3 is 1.76 bits per heavy atom. The van der Waals surface area contributed by atoms with Gasteiger partial charge >= 0.3 is 5.97 Å². The summed E-state index contributed by atoms with van der Waals surface area (Å²) in [4.78, 5) is 10.7. The van der Waals surface area contributed by atoms with E-state index in [4.69, 9.17) is 10.00 Å². The lowest BCUT2D eigenvalue weighted by Crippen LogP contribution is -2.16. The van der Waals surface area contributed by atoms with Gasteiger partial charge in [0.1, 0.15) is 0 Å². The van der Waals surface area contributed by atoms with Gasteiger partial charge in [0.05, 0.1) is 33.6 Å². The number of ether oxygens (including phenoxy) is 1. The summed E-state index contributed by atoms with van der Waals surface area (Å²) in [5, 5.41) is 8.72. The van der Waals surface area contributed by atoms with Crippen molar-refractivity contribution in [1.82, 2.24) is 0 Å². The van der Waals surface area contributed by atoms with Gasteiger partial charge in [0.15, 0.2) is 0 Å². The molecule has 0 radical (unpaired) electrons. The standard InChI is InChI=1S/C16H13NO6S2/c1-2-23-16(18)13-5-9-15(10-6-13)25(21,22)24(19,20)14-7-3-12(11-17)4-8-14/h3-10H,2H2,1H3. The fraction of sp³-hybridized carbons (Fsp3) is 0.125. The molecule has 0 aromatic heterocycles. The second-order valence-electron chi connectivity index (χ2n) is 4.79. The summed E-state index contributed by atoms with van der Waals surface area (Å²) in [5.74, 6) is -0.638. The van der Waals surface area contributed by atoms with Crippen LogP contribution >= 0.6 is 0 Å². The van der Waals surface area contributed by atoms with Gasteiger partial charge in [-0.2, -0.15) is 5.26 Å². The lowest BCUT2D eigenvalue weighted by molar-refractivity contribution is 0.0526. The number of nitriles is 1. The molecule has 0 N–H and O–H groups in total. The lowest BCUT2D eigenvalue weighted by atomic mass is 10.2. The number of hydrogen-bond acceptors (Lipinski definition) is 7. The van der Waals surface area contributed by atoms with Crippen molar-refractivity contribution >= 4 is 23.7 Å². The SMILES string of the molecule is CCOC(=O)c1ccc(S(=O)(=O)S(=O)(=O)c2ccc(C#N)cc2)cc1. The number of rotatable bonds is 5. The largest absolute Gasteiger partial charge is 0.462 e. The highest BCUT2D eigenvalue weighted by atomic mass is 33.2. The summed E-state index contributed by atoms with van der Waals surface area (Å²) in [6.45, 7) is 1.78. The van der Waals surface area contributed by atoms with E-state index in [-0.39, 0.29) is 17.7 Å². The quantitative estimate of drug-likeness (QED) is 0.575. The van der Waals surface area contributed by atoms with Crippen molar-refractivity contribution in [3.63, 3.8) is 0 Å². The number of nitrogens with zero attached hydrogens (tertiary/aromatic N) is 1. The van der Waals surface area contributed by atoms with Crippen LogP contribution in [0.4, 0.5) is 0 Å². The van der Waals surface area contributed by atoms with Gasteiger partial charge in [0.25, 0.3) is 17.7 Å². The van der Waals surface area contributed by atoms with Crippen LogP contribution in [0.25, 0.3) is 0 Å². The van der Waals surface area contributed by atoms with E-state index >= 15 is 0 Å². The van der Waals surface area contributed by atoms with Crippen molar-refractivity contribution in [1.29, 1.82) is 5.26 Å². The monoisotopic (exact) mass is 379 g/mol. The molecule has 0 heterocycles. The third-order valence-corrected chi connectivity index (χ3v) is 8.38. The molecule has 2 aromatic carbocycles. The average Bonchev–Trinajstić information content (AvgIpc) is 2.62. The molecule has 0 saturated carbocycles. The summed E-state index contributed by atoms with van der Waals surface area (Å²) in [5.41, 5.74) is 0.312. The third-order valence-electron chi connectivity index (χ3n) is 3.22. The third kappa shape index (κ3) is 3.55. The van der Waals surface area contributed by atoms with Crippen molar-refractivity contribution in [3.8, 4) is 6.07 Å². The van der Waals surface area contributed by atoms with Crippen LogP contribution in [0.3, 0.4) is 0 Å². The van der Waals surface area contributed by atoms with Crippen molar-refractivity contribution < 1.29 is 26.4 Å². The first-order valence-electron chi connectivity index (χ1n) is 7.01. The first-order valence-corrected chi connectivity index (χ1v) is 10.5. The van der Waals surface area contributed by atoms with E-state index in [1.165, 1.54) is 24.3 Å². The fourth-order valence-electron chi connectivity index (χ4n) is 1.92. The highest BCUT2D eigenvalue weighted by Crippen LogP contribution is 2.25. The maximum absolute atomic E-state index is 12.4. The maximum atomic E-state index is 12.4. The predicted molar refractivity (Wildman–Crippen MR) is 87.9 cm³/mol. The molecule has 0 aliphatic heterocycles. The van der Waals surface area contributed by atoms with Crippen molar-refractivity contribution in [3.05, 3.63) is 59.7 Å². The number of carbonyl (C=O) groups excluding carboxylic acids is 1. The number of carbonyl (C=O) groups is 1. The zero-order valence-corrected chi connectivity index (χ0v) is 14.7. The number of benzene rings is 2. The molecular weight excluding hydrogens is 366 g/mol.